The number of nitrogens with zero attached hydrogens (tertiary/aromatic N) is 4. The minimum absolute atomic E-state index is 0.00798. The smallest absolute Gasteiger partial charge is 0.254 e. The van der Waals surface area contributed by atoms with E-state index in [1.54, 1.807) is 32.4 Å². The molecule has 162 valence electrons. The lowest BCUT2D eigenvalue weighted by atomic mass is 10.0. The molecule has 0 bridgehead atoms. The van der Waals surface area contributed by atoms with Gasteiger partial charge in [0.1, 0.15) is 16.6 Å². The molecule has 1 saturated heterocycles. The summed E-state index contributed by atoms with van der Waals surface area (Å²) >= 11 is 6.04. The molecule has 0 unspecified atom stereocenters. The van der Waals surface area contributed by atoms with Crippen LogP contribution < -0.4 is 15.4 Å². The molecule has 0 radical (unpaired) electrons. The molecule has 9 heteroatoms. The standard InChI is InChI=1S/C21H29ClN6O2/c1-21(2,3)28-10-8-27(9-11-28)19(29)14-6-7-16(17(12-14)30-5)25-20-24-13-15(22)18(23-4)26-20/h6-7,12-13H,8-11H2,1-5H3,(H2,23,24,25,26). The van der Waals surface area contributed by atoms with Crippen molar-refractivity contribution in [1.82, 2.24) is 19.8 Å². The minimum atomic E-state index is 0.00798. The fraction of sp³-hybridized carbons (Fsp3) is 0.476. The summed E-state index contributed by atoms with van der Waals surface area (Å²) in [7, 11) is 3.30. The first-order valence-electron chi connectivity index (χ1n) is 9.92. The minimum Gasteiger partial charge on any atom is -0.495 e. The van der Waals surface area contributed by atoms with E-state index in [1.165, 1.54) is 6.20 Å². The molecule has 2 N–H and O–H groups in total. The quantitative estimate of drug-likeness (QED) is 0.748. The molecule has 1 aromatic heterocycles. The lowest BCUT2D eigenvalue weighted by Crippen LogP contribution is -2.54. The van der Waals surface area contributed by atoms with Gasteiger partial charge in [-0.3, -0.25) is 9.69 Å². The number of methoxy groups -OCH3 is 1. The van der Waals surface area contributed by atoms with Gasteiger partial charge in [0.2, 0.25) is 5.95 Å². The Morgan fingerprint density at radius 1 is 1.20 bits per heavy atom. The van der Waals surface area contributed by atoms with Gasteiger partial charge in [0.05, 0.1) is 19.0 Å². The van der Waals surface area contributed by atoms with Crippen LogP contribution in [0.25, 0.3) is 0 Å². The first kappa shape index (κ1) is 22.1. The SMILES string of the molecule is CNc1nc(Nc2ccc(C(=O)N3CCN(C(C)(C)C)CC3)cc2OC)ncc1Cl. The number of benzene rings is 1. The summed E-state index contributed by atoms with van der Waals surface area (Å²) in [6.07, 6.45) is 1.52. The molecular weight excluding hydrogens is 404 g/mol. The van der Waals surface area contributed by atoms with Gasteiger partial charge < -0.3 is 20.3 Å². The number of amides is 1. The predicted molar refractivity (Wildman–Crippen MR) is 120 cm³/mol. The average molecular weight is 433 g/mol. The van der Waals surface area contributed by atoms with Crippen LogP contribution in [0.5, 0.6) is 5.75 Å². The first-order valence-corrected chi connectivity index (χ1v) is 10.3. The molecule has 30 heavy (non-hydrogen) atoms. The molecule has 8 nitrogen and oxygen atoms in total. The van der Waals surface area contributed by atoms with Gasteiger partial charge >= 0.3 is 0 Å². The summed E-state index contributed by atoms with van der Waals surface area (Å²) in [6.45, 7) is 9.76. The third kappa shape index (κ3) is 4.94. The van der Waals surface area contributed by atoms with Crippen molar-refractivity contribution >= 4 is 35.0 Å². The zero-order chi connectivity index (χ0) is 21.9. The fourth-order valence-electron chi connectivity index (χ4n) is 3.41. The molecule has 1 fully saturated rings. The van der Waals surface area contributed by atoms with Crippen LogP contribution in [0.15, 0.2) is 24.4 Å². The molecule has 3 rings (SSSR count). The molecule has 2 aromatic rings. The Kier molecular flexibility index (Phi) is 6.67. The van der Waals surface area contributed by atoms with E-state index in [2.05, 4.69) is 46.3 Å². The second kappa shape index (κ2) is 9.06. The van der Waals surface area contributed by atoms with Crippen molar-refractivity contribution in [3.63, 3.8) is 0 Å². The van der Waals surface area contributed by atoms with E-state index < -0.39 is 0 Å². The fourth-order valence-corrected chi connectivity index (χ4v) is 3.60. The molecule has 0 saturated carbocycles. The highest BCUT2D eigenvalue weighted by atomic mass is 35.5. The van der Waals surface area contributed by atoms with Gasteiger partial charge in [-0.05, 0) is 39.0 Å². The molecule has 0 spiro atoms. The van der Waals surface area contributed by atoms with E-state index in [1.807, 2.05) is 4.90 Å². The number of carbonyl (C=O) groups is 1. The molecule has 1 amide bonds. The maximum Gasteiger partial charge on any atom is 0.254 e. The summed E-state index contributed by atoms with van der Waals surface area (Å²) < 4.78 is 5.50. The van der Waals surface area contributed by atoms with E-state index in [0.29, 0.717) is 46.9 Å². The molecule has 2 heterocycles. The van der Waals surface area contributed by atoms with Crippen LogP contribution in [0.4, 0.5) is 17.5 Å². The van der Waals surface area contributed by atoms with Crippen molar-refractivity contribution in [1.29, 1.82) is 0 Å². The third-order valence-electron chi connectivity index (χ3n) is 5.19. The third-order valence-corrected chi connectivity index (χ3v) is 5.47. The maximum atomic E-state index is 13.0. The molecule has 0 aliphatic carbocycles. The lowest BCUT2D eigenvalue weighted by molar-refractivity contribution is 0.0451. The Hall–Kier alpha value is -2.58. The van der Waals surface area contributed by atoms with E-state index in [9.17, 15) is 4.79 Å². The highest BCUT2D eigenvalue weighted by molar-refractivity contribution is 6.32. The second-order valence-corrected chi connectivity index (χ2v) is 8.54. The van der Waals surface area contributed by atoms with Crippen molar-refractivity contribution in [3.05, 3.63) is 35.0 Å². The van der Waals surface area contributed by atoms with Crippen LogP contribution in [0, 0.1) is 0 Å². The van der Waals surface area contributed by atoms with Gasteiger partial charge in [0.15, 0.2) is 0 Å². The monoisotopic (exact) mass is 432 g/mol. The molecule has 0 atom stereocenters. The Balaban J connectivity index is 1.73. The van der Waals surface area contributed by atoms with Gasteiger partial charge in [-0.1, -0.05) is 11.6 Å². The topological polar surface area (TPSA) is 82.6 Å². The summed E-state index contributed by atoms with van der Waals surface area (Å²) in [5, 5.41) is 6.46. The van der Waals surface area contributed by atoms with Gasteiger partial charge in [0, 0.05) is 44.3 Å². The highest BCUT2D eigenvalue weighted by Gasteiger charge is 2.28. The van der Waals surface area contributed by atoms with Crippen LogP contribution in [-0.4, -0.2) is 71.6 Å². The van der Waals surface area contributed by atoms with Gasteiger partial charge in [-0.2, -0.15) is 4.98 Å². The molecule has 1 aliphatic heterocycles. The second-order valence-electron chi connectivity index (χ2n) is 8.13. The Morgan fingerprint density at radius 2 is 1.90 bits per heavy atom. The molecule has 1 aliphatic rings. The van der Waals surface area contributed by atoms with Crippen molar-refractivity contribution in [3.8, 4) is 5.75 Å². The normalized spacial score (nSPS) is 15.1. The zero-order valence-electron chi connectivity index (χ0n) is 18.1. The zero-order valence-corrected chi connectivity index (χ0v) is 18.9. The van der Waals surface area contributed by atoms with Crippen molar-refractivity contribution in [2.75, 3.05) is 51.0 Å². The number of anilines is 3. The number of hydrogen-bond donors (Lipinski definition) is 2. The van der Waals surface area contributed by atoms with E-state index in [-0.39, 0.29) is 11.4 Å². The molecule has 1 aromatic carbocycles. The van der Waals surface area contributed by atoms with E-state index >= 15 is 0 Å². The Morgan fingerprint density at radius 3 is 2.50 bits per heavy atom. The number of aromatic nitrogens is 2. The number of ether oxygens (including phenoxy) is 1. The first-order chi connectivity index (χ1) is 14.2. The van der Waals surface area contributed by atoms with Crippen LogP contribution in [0.1, 0.15) is 31.1 Å². The Bertz CT molecular complexity index is 907. The Labute approximate surface area is 182 Å². The van der Waals surface area contributed by atoms with Crippen molar-refractivity contribution in [2.45, 2.75) is 26.3 Å². The average Bonchev–Trinajstić information content (AvgIpc) is 2.74. The number of piperazine rings is 1. The summed E-state index contributed by atoms with van der Waals surface area (Å²) in [4.78, 5) is 25.8. The van der Waals surface area contributed by atoms with Gasteiger partial charge in [-0.15, -0.1) is 0 Å². The van der Waals surface area contributed by atoms with Gasteiger partial charge in [0.25, 0.3) is 5.91 Å². The predicted octanol–water partition coefficient (Wildman–Crippen LogP) is 3.48. The highest BCUT2D eigenvalue weighted by Crippen LogP contribution is 2.29. The van der Waals surface area contributed by atoms with E-state index in [4.69, 9.17) is 16.3 Å². The van der Waals surface area contributed by atoms with Crippen LogP contribution in [-0.2, 0) is 0 Å². The number of hydrogen-bond acceptors (Lipinski definition) is 7. The summed E-state index contributed by atoms with van der Waals surface area (Å²) in [5.74, 6) is 1.45. The number of carbonyl (C=O) groups excluding carboxylic acids is 1. The summed E-state index contributed by atoms with van der Waals surface area (Å²) in [6, 6.07) is 5.34. The molecular formula is C21H29ClN6O2. The summed E-state index contributed by atoms with van der Waals surface area (Å²) in [5.41, 5.74) is 1.37. The van der Waals surface area contributed by atoms with E-state index in [0.717, 1.165) is 13.1 Å². The number of rotatable bonds is 5. The van der Waals surface area contributed by atoms with Crippen LogP contribution in [0.2, 0.25) is 5.02 Å². The van der Waals surface area contributed by atoms with Crippen molar-refractivity contribution in [2.24, 2.45) is 0 Å². The number of nitrogens with one attached hydrogen (secondary N) is 2. The lowest BCUT2D eigenvalue weighted by Gasteiger charge is -2.42. The van der Waals surface area contributed by atoms with Crippen LogP contribution >= 0.6 is 11.6 Å². The van der Waals surface area contributed by atoms with Gasteiger partial charge in [-0.25, -0.2) is 4.98 Å². The van der Waals surface area contributed by atoms with Crippen LogP contribution in [0.3, 0.4) is 0 Å². The van der Waals surface area contributed by atoms with Crippen molar-refractivity contribution < 1.29 is 9.53 Å². The largest absolute Gasteiger partial charge is 0.495 e. The number of halogens is 1. The maximum absolute atomic E-state index is 13.0.